The minimum Gasteiger partial charge on any atom is -0.207 e. The molecule has 0 saturated carbocycles. The molecule has 0 aromatic heterocycles. The number of aryl methyl sites for hydroxylation is 1. The van der Waals surface area contributed by atoms with Crippen molar-refractivity contribution in [2.24, 2.45) is 0 Å². The lowest BCUT2D eigenvalue weighted by Gasteiger charge is -2.12. The first-order chi connectivity index (χ1) is 7.99. The van der Waals surface area contributed by atoms with Crippen molar-refractivity contribution in [1.29, 1.82) is 0 Å². The minimum absolute atomic E-state index is 0.258. The van der Waals surface area contributed by atoms with Crippen LogP contribution in [0.1, 0.15) is 25.3 Å². The molecule has 0 radical (unpaired) electrons. The van der Waals surface area contributed by atoms with Crippen molar-refractivity contribution < 1.29 is 8.42 Å². The molecule has 0 aliphatic carbocycles. The van der Waals surface area contributed by atoms with Crippen LogP contribution in [0.15, 0.2) is 29.2 Å². The number of rotatable bonds is 5. The Labute approximate surface area is 103 Å². The first-order valence-corrected chi connectivity index (χ1v) is 7.03. The average molecular weight is 251 g/mol. The second kappa shape index (κ2) is 5.85. The highest BCUT2D eigenvalue weighted by Gasteiger charge is 2.17. The van der Waals surface area contributed by atoms with Gasteiger partial charge < -0.3 is 0 Å². The molecule has 0 aliphatic heterocycles. The molecule has 0 aliphatic rings. The van der Waals surface area contributed by atoms with E-state index in [0.717, 1.165) is 12.0 Å². The van der Waals surface area contributed by atoms with Crippen LogP contribution >= 0.6 is 0 Å². The Bertz CT molecular complexity index is 514. The van der Waals surface area contributed by atoms with E-state index in [1.165, 1.54) is 0 Å². The summed E-state index contributed by atoms with van der Waals surface area (Å²) in [5, 5.41) is 0. The van der Waals surface area contributed by atoms with Crippen LogP contribution in [0, 0.1) is 19.3 Å². The predicted molar refractivity (Wildman–Crippen MR) is 69.0 cm³/mol. The second-order valence-corrected chi connectivity index (χ2v) is 5.66. The summed E-state index contributed by atoms with van der Waals surface area (Å²) in [6.45, 7) is 3.81. The molecule has 92 valence electrons. The molecule has 17 heavy (non-hydrogen) atoms. The highest BCUT2D eigenvalue weighted by molar-refractivity contribution is 7.89. The summed E-state index contributed by atoms with van der Waals surface area (Å²) in [7, 11) is -3.51. The number of sulfonamides is 1. The van der Waals surface area contributed by atoms with Gasteiger partial charge in [-0.25, -0.2) is 8.42 Å². The Hall–Kier alpha value is -1.31. The van der Waals surface area contributed by atoms with Crippen LogP contribution in [0.3, 0.4) is 0 Å². The third-order valence-electron chi connectivity index (χ3n) is 2.38. The van der Waals surface area contributed by atoms with Crippen LogP contribution in [0.5, 0.6) is 0 Å². The van der Waals surface area contributed by atoms with Crippen LogP contribution in [0.2, 0.25) is 0 Å². The number of hydrogen-bond donors (Lipinski definition) is 1. The molecule has 0 fully saturated rings. The molecule has 1 atom stereocenters. The van der Waals surface area contributed by atoms with E-state index >= 15 is 0 Å². The number of nitrogens with one attached hydrogen (secondary N) is 1. The van der Waals surface area contributed by atoms with Crippen molar-refractivity contribution in [3.05, 3.63) is 29.8 Å². The Kier molecular flexibility index (Phi) is 4.73. The third-order valence-corrected chi connectivity index (χ3v) is 3.85. The van der Waals surface area contributed by atoms with Crippen LogP contribution < -0.4 is 4.72 Å². The predicted octanol–water partition coefficient (Wildman–Crippen LogP) is 2.08. The van der Waals surface area contributed by atoms with Gasteiger partial charge in [0.1, 0.15) is 0 Å². The molecule has 1 N–H and O–H groups in total. The van der Waals surface area contributed by atoms with Crippen molar-refractivity contribution in [3.63, 3.8) is 0 Å². The van der Waals surface area contributed by atoms with Crippen LogP contribution in [0.25, 0.3) is 0 Å². The van der Waals surface area contributed by atoms with Crippen molar-refractivity contribution in [3.8, 4) is 12.3 Å². The molecular weight excluding hydrogens is 234 g/mol. The Morgan fingerprint density at radius 3 is 2.71 bits per heavy atom. The van der Waals surface area contributed by atoms with Gasteiger partial charge in [0.25, 0.3) is 0 Å². The van der Waals surface area contributed by atoms with Gasteiger partial charge in [0.05, 0.1) is 10.9 Å². The third kappa shape index (κ3) is 3.88. The Balaban J connectivity index is 2.93. The van der Waals surface area contributed by atoms with Gasteiger partial charge in [0.2, 0.25) is 10.0 Å². The molecule has 1 unspecified atom stereocenters. The lowest BCUT2D eigenvalue weighted by Crippen LogP contribution is -2.33. The van der Waals surface area contributed by atoms with Crippen molar-refractivity contribution >= 4 is 10.0 Å². The molecule has 4 heteroatoms. The molecule has 0 spiro atoms. The maximum atomic E-state index is 12.0. The van der Waals surface area contributed by atoms with Gasteiger partial charge in [0.15, 0.2) is 0 Å². The summed E-state index contributed by atoms with van der Waals surface area (Å²) < 4.78 is 26.6. The highest BCUT2D eigenvalue weighted by Crippen LogP contribution is 2.12. The van der Waals surface area contributed by atoms with Crippen molar-refractivity contribution in [2.75, 3.05) is 0 Å². The normalized spacial score (nSPS) is 13.0. The quantitative estimate of drug-likeness (QED) is 0.814. The number of benzene rings is 1. The van der Waals surface area contributed by atoms with E-state index in [9.17, 15) is 8.42 Å². The van der Waals surface area contributed by atoms with Gasteiger partial charge in [-0.1, -0.05) is 31.4 Å². The first-order valence-electron chi connectivity index (χ1n) is 5.54. The SMILES string of the molecule is C#CC(CCC)NS(=O)(=O)c1cccc(C)c1. The number of hydrogen-bond acceptors (Lipinski definition) is 2. The molecule has 1 aromatic carbocycles. The molecule has 0 amide bonds. The summed E-state index contributed by atoms with van der Waals surface area (Å²) in [6, 6.07) is 6.32. The largest absolute Gasteiger partial charge is 0.241 e. The van der Waals surface area contributed by atoms with Crippen molar-refractivity contribution in [2.45, 2.75) is 37.6 Å². The van der Waals surface area contributed by atoms with E-state index in [2.05, 4.69) is 10.6 Å². The van der Waals surface area contributed by atoms with Gasteiger partial charge >= 0.3 is 0 Å². The van der Waals surface area contributed by atoms with E-state index in [0.29, 0.717) is 6.42 Å². The summed E-state index contributed by atoms with van der Waals surface area (Å²) in [4.78, 5) is 0.258. The van der Waals surface area contributed by atoms with E-state index < -0.39 is 16.1 Å². The van der Waals surface area contributed by atoms with Gasteiger partial charge in [-0.05, 0) is 31.0 Å². The average Bonchev–Trinajstić information content (AvgIpc) is 2.28. The zero-order valence-corrected chi connectivity index (χ0v) is 10.9. The second-order valence-electron chi connectivity index (χ2n) is 3.95. The maximum absolute atomic E-state index is 12.0. The Morgan fingerprint density at radius 2 is 2.18 bits per heavy atom. The van der Waals surface area contributed by atoms with Gasteiger partial charge in [-0.3, -0.25) is 0 Å². The monoisotopic (exact) mass is 251 g/mol. The van der Waals surface area contributed by atoms with E-state index in [-0.39, 0.29) is 4.90 Å². The maximum Gasteiger partial charge on any atom is 0.241 e. The lowest BCUT2D eigenvalue weighted by atomic mass is 10.2. The fourth-order valence-electron chi connectivity index (χ4n) is 1.50. The zero-order chi connectivity index (χ0) is 12.9. The molecular formula is C13H17NO2S. The molecule has 0 bridgehead atoms. The van der Waals surface area contributed by atoms with Crippen molar-refractivity contribution in [1.82, 2.24) is 4.72 Å². The fourth-order valence-corrected chi connectivity index (χ4v) is 2.80. The smallest absolute Gasteiger partial charge is 0.207 e. The van der Waals surface area contributed by atoms with Crippen LogP contribution in [0.4, 0.5) is 0 Å². The van der Waals surface area contributed by atoms with E-state index in [1.807, 2.05) is 19.9 Å². The first kappa shape index (κ1) is 13.8. The van der Waals surface area contributed by atoms with Gasteiger partial charge in [-0.2, -0.15) is 4.72 Å². The standard InChI is InChI=1S/C13H17NO2S/c1-4-7-12(5-2)14-17(15,16)13-9-6-8-11(3)10-13/h2,6,8-10,12,14H,4,7H2,1,3H3. The summed E-state index contributed by atoms with van der Waals surface area (Å²) in [5.74, 6) is 2.45. The van der Waals surface area contributed by atoms with Crippen LogP contribution in [-0.4, -0.2) is 14.5 Å². The summed E-state index contributed by atoms with van der Waals surface area (Å²) in [5.41, 5.74) is 0.903. The van der Waals surface area contributed by atoms with Gasteiger partial charge in [0, 0.05) is 0 Å². The topological polar surface area (TPSA) is 46.2 Å². The highest BCUT2D eigenvalue weighted by atomic mass is 32.2. The zero-order valence-electron chi connectivity index (χ0n) is 10.1. The van der Waals surface area contributed by atoms with E-state index in [4.69, 9.17) is 6.42 Å². The fraction of sp³-hybridized carbons (Fsp3) is 0.385. The summed E-state index contributed by atoms with van der Waals surface area (Å²) >= 11 is 0. The molecule has 0 saturated heterocycles. The molecule has 1 aromatic rings. The molecule has 0 heterocycles. The van der Waals surface area contributed by atoms with E-state index in [1.54, 1.807) is 18.2 Å². The molecule has 3 nitrogen and oxygen atoms in total. The summed E-state index contributed by atoms with van der Waals surface area (Å²) in [6.07, 6.45) is 6.78. The van der Waals surface area contributed by atoms with Crippen LogP contribution in [-0.2, 0) is 10.0 Å². The Morgan fingerprint density at radius 1 is 1.47 bits per heavy atom. The lowest BCUT2D eigenvalue weighted by molar-refractivity contribution is 0.564. The minimum atomic E-state index is -3.51. The number of terminal acetylenes is 1. The van der Waals surface area contributed by atoms with Gasteiger partial charge in [-0.15, -0.1) is 6.42 Å². The molecule has 1 rings (SSSR count).